The third-order valence-electron chi connectivity index (χ3n) is 3.49. The lowest BCUT2D eigenvalue weighted by atomic mass is 9.74. The van der Waals surface area contributed by atoms with Crippen molar-refractivity contribution in [3.05, 3.63) is 29.8 Å². The molecule has 2 nitrogen and oxygen atoms in total. The van der Waals surface area contributed by atoms with Gasteiger partial charge in [-0.25, -0.2) is 0 Å². The van der Waals surface area contributed by atoms with Crippen LogP contribution in [0.15, 0.2) is 24.3 Å². The van der Waals surface area contributed by atoms with Crippen LogP contribution in [0.25, 0.3) is 0 Å². The molecule has 0 bridgehead atoms. The third-order valence-corrected chi connectivity index (χ3v) is 3.49. The Balaban J connectivity index is 2.38. The van der Waals surface area contributed by atoms with Crippen molar-refractivity contribution in [2.45, 2.75) is 18.3 Å². The highest BCUT2D eigenvalue weighted by Gasteiger charge is 2.36. The summed E-state index contributed by atoms with van der Waals surface area (Å²) in [6.45, 7) is 1.44. The van der Waals surface area contributed by atoms with E-state index >= 15 is 0 Å². The summed E-state index contributed by atoms with van der Waals surface area (Å²) in [5.41, 5.74) is 0.666. The monoisotopic (exact) mass is 223 g/mol. The van der Waals surface area contributed by atoms with Crippen LogP contribution in [0.5, 0.6) is 5.75 Å². The van der Waals surface area contributed by atoms with E-state index in [1.165, 1.54) is 0 Å². The van der Waals surface area contributed by atoms with E-state index in [0.29, 0.717) is 0 Å². The van der Waals surface area contributed by atoms with Gasteiger partial charge < -0.3 is 10.1 Å². The Labute approximate surface area is 95.8 Å². The smallest absolute Gasteiger partial charge is 0.122 e. The van der Waals surface area contributed by atoms with Gasteiger partial charge in [-0.05, 0) is 32.0 Å². The van der Waals surface area contributed by atoms with Gasteiger partial charge in [0.1, 0.15) is 5.75 Å². The molecule has 16 heavy (non-hydrogen) atoms. The van der Waals surface area contributed by atoms with Crippen molar-refractivity contribution in [1.29, 1.82) is 0 Å². The molecule has 0 spiro atoms. The van der Waals surface area contributed by atoms with Crippen LogP contribution in [0.3, 0.4) is 0 Å². The minimum atomic E-state index is -0.349. The highest BCUT2D eigenvalue weighted by Crippen LogP contribution is 2.38. The number of piperidine rings is 1. The maximum absolute atomic E-state index is 13.5. The number of nitrogens with one attached hydrogen (secondary N) is 1. The van der Waals surface area contributed by atoms with Crippen molar-refractivity contribution < 1.29 is 9.13 Å². The van der Waals surface area contributed by atoms with E-state index in [9.17, 15) is 4.39 Å². The Bertz CT molecular complexity index is 348. The van der Waals surface area contributed by atoms with Crippen LogP contribution in [0, 0.1) is 0 Å². The van der Waals surface area contributed by atoms with Crippen LogP contribution in [0.4, 0.5) is 4.39 Å². The van der Waals surface area contributed by atoms with Gasteiger partial charge in [0.15, 0.2) is 0 Å². The molecule has 1 saturated heterocycles. The molecule has 1 N–H and O–H groups in total. The predicted octanol–water partition coefficient (Wildman–Crippen LogP) is 2.29. The Morgan fingerprint density at radius 1 is 1.31 bits per heavy atom. The minimum absolute atomic E-state index is 0.310. The Morgan fingerprint density at radius 2 is 2.00 bits per heavy atom. The molecule has 0 saturated carbocycles. The van der Waals surface area contributed by atoms with Gasteiger partial charge in [0, 0.05) is 11.0 Å². The molecule has 0 unspecified atom stereocenters. The van der Waals surface area contributed by atoms with Crippen LogP contribution in [-0.4, -0.2) is 26.9 Å². The molecule has 0 atom stereocenters. The maximum Gasteiger partial charge on any atom is 0.122 e. The summed E-state index contributed by atoms with van der Waals surface area (Å²) in [6, 6.07) is 7.78. The number of para-hydroxylation sites is 1. The highest BCUT2D eigenvalue weighted by atomic mass is 19.1. The van der Waals surface area contributed by atoms with Gasteiger partial charge in [0.05, 0.1) is 13.8 Å². The number of rotatable bonds is 3. The van der Waals surface area contributed by atoms with Crippen LogP contribution < -0.4 is 10.1 Å². The second kappa shape index (κ2) is 4.83. The fraction of sp³-hybridized carbons (Fsp3) is 0.538. The van der Waals surface area contributed by atoms with E-state index in [0.717, 1.165) is 37.2 Å². The van der Waals surface area contributed by atoms with Crippen molar-refractivity contribution in [2.24, 2.45) is 0 Å². The SMILES string of the molecule is COc1ccccc1C1(CF)CCNCC1. The molecule has 88 valence electrons. The molecule has 1 heterocycles. The van der Waals surface area contributed by atoms with Crippen molar-refractivity contribution >= 4 is 0 Å². The van der Waals surface area contributed by atoms with Gasteiger partial charge in [-0.2, -0.15) is 0 Å². The topological polar surface area (TPSA) is 21.3 Å². The molecular formula is C13H18FNO. The second-order valence-corrected chi connectivity index (χ2v) is 4.36. The lowest BCUT2D eigenvalue weighted by Crippen LogP contribution is -2.41. The Kier molecular flexibility index (Phi) is 3.44. The number of alkyl halides is 1. The number of hydrogen-bond acceptors (Lipinski definition) is 2. The highest BCUT2D eigenvalue weighted by molar-refractivity contribution is 5.40. The number of halogens is 1. The average Bonchev–Trinajstić information content (AvgIpc) is 2.39. The van der Waals surface area contributed by atoms with E-state index in [1.807, 2.05) is 24.3 Å². The summed E-state index contributed by atoms with van der Waals surface area (Å²) in [7, 11) is 1.64. The minimum Gasteiger partial charge on any atom is -0.496 e. The van der Waals surface area contributed by atoms with Gasteiger partial charge in [-0.1, -0.05) is 18.2 Å². The molecule has 0 radical (unpaired) electrons. The van der Waals surface area contributed by atoms with E-state index < -0.39 is 0 Å². The number of ether oxygens (including phenoxy) is 1. The van der Waals surface area contributed by atoms with Gasteiger partial charge >= 0.3 is 0 Å². The van der Waals surface area contributed by atoms with Crippen molar-refractivity contribution in [1.82, 2.24) is 5.32 Å². The lowest BCUT2D eigenvalue weighted by molar-refractivity contribution is 0.230. The van der Waals surface area contributed by atoms with Gasteiger partial charge in [-0.3, -0.25) is 4.39 Å². The normalized spacial score (nSPS) is 19.4. The number of methoxy groups -OCH3 is 1. The van der Waals surface area contributed by atoms with Crippen LogP contribution in [0.1, 0.15) is 18.4 Å². The average molecular weight is 223 g/mol. The molecule has 1 aliphatic heterocycles. The van der Waals surface area contributed by atoms with Crippen LogP contribution >= 0.6 is 0 Å². The molecule has 0 aromatic heterocycles. The summed E-state index contributed by atoms with van der Waals surface area (Å²) in [5, 5.41) is 3.27. The quantitative estimate of drug-likeness (QED) is 0.849. The zero-order chi connectivity index (χ0) is 11.4. The Hall–Kier alpha value is -1.09. The van der Waals surface area contributed by atoms with E-state index in [2.05, 4.69) is 5.32 Å². The second-order valence-electron chi connectivity index (χ2n) is 4.36. The summed E-state index contributed by atoms with van der Waals surface area (Å²) in [6.07, 6.45) is 1.67. The maximum atomic E-state index is 13.5. The van der Waals surface area contributed by atoms with Crippen molar-refractivity contribution in [3.63, 3.8) is 0 Å². The Morgan fingerprint density at radius 3 is 2.62 bits per heavy atom. The standard InChI is InChI=1S/C13H18FNO/c1-16-12-5-3-2-4-11(12)13(10-14)6-8-15-9-7-13/h2-5,15H,6-10H2,1H3. The molecule has 3 heteroatoms. The number of benzene rings is 1. The molecule has 1 fully saturated rings. The van der Waals surface area contributed by atoms with Gasteiger partial charge in [0.25, 0.3) is 0 Å². The van der Waals surface area contributed by atoms with Crippen molar-refractivity contribution in [2.75, 3.05) is 26.9 Å². The predicted molar refractivity (Wildman–Crippen MR) is 62.8 cm³/mol. The van der Waals surface area contributed by atoms with E-state index in [4.69, 9.17) is 4.74 Å². The zero-order valence-corrected chi connectivity index (χ0v) is 9.63. The van der Waals surface area contributed by atoms with Crippen LogP contribution in [0.2, 0.25) is 0 Å². The van der Waals surface area contributed by atoms with Crippen molar-refractivity contribution in [3.8, 4) is 5.75 Å². The van der Waals surface area contributed by atoms with E-state index in [1.54, 1.807) is 7.11 Å². The van der Waals surface area contributed by atoms with Gasteiger partial charge in [0.2, 0.25) is 0 Å². The number of hydrogen-bond donors (Lipinski definition) is 1. The molecule has 1 aromatic carbocycles. The first kappa shape index (κ1) is 11.4. The molecular weight excluding hydrogens is 205 g/mol. The first-order chi connectivity index (χ1) is 7.82. The molecule has 1 aromatic rings. The fourth-order valence-corrected chi connectivity index (χ4v) is 2.46. The molecule has 2 rings (SSSR count). The summed E-state index contributed by atoms with van der Waals surface area (Å²) in [5.74, 6) is 0.807. The summed E-state index contributed by atoms with van der Waals surface area (Å²) < 4.78 is 18.8. The van der Waals surface area contributed by atoms with Crippen LogP contribution in [-0.2, 0) is 5.41 Å². The molecule has 0 aliphatic carbocycles. The fourth-order valence-electron chi connectivity index (χ4n) is 2.46. The summed E-state index contributed by atoms with van der Waals surface area (Å²) >= 11 is 0. The largest absolute Gasteiger partial charge is 0.496 e. The molecule has 0 amide bonds. The molecule has 1 aliphatic rings. The van der Waals surface area contributed by atoms with Gasteiger partial charge in [-0.15, -0.1) is 0 Å². The lowest BCUT2D eigenvalue weighted by Gasteiger charge is -2.36. The zero-order valence-electron chi connectivity index (χ0n) is 9.63. The summed E-state index contributed by atoms with van der Waals surface area (Å²) in [4.78, 5) is 0. The first-order valence-corrected chi connectivity index (χ1v) is 5.72. The van der Waals surface area contributed by atoms with E-state index in [-0.39, 0.29) is 12.1 Å². The third kappa shape index (κ3) is 1.92. The first-order valence-electron chi connectivity index (χ1n) is 5.72.